The van der Waals surface area contributed by atoms with Gasteiger partial charge in [0.05, 0.1) is 29.6 Å². The minimum absolute atomic E-state index is 0.00924. The van der Waals surface area contributed by atoms with E-state index >= 15 is 0 Å². The number of nitrogens with two attached hydrogens (primary N) is 2. The van der Waals surface area contributed by atoms with Crippen LogP contribution in [0.2, 0.25) is 0 Å². The average Bonchev–Trinajstić information content (AvgIpc) is 2.36. The highest BCUT2D eigenvalue weighted by atomic mass is 19.1. The van der Waals surface area contributed by atoms with Crippen LogP contribution in [0.5, 0.6) is 0 Å². The third-order valence-corrected chi connectivity index (χ3v) is 3.41. The van der Waals surface area contributed by atoms with Gasteiger partial charge < -0.3 is 26.2 Å². The fraction of sp³-hybridized carbons (Fsp3) is 0.500. The molecule has 1 aromatic rings. The van der Waals surface area contributed by atoms with Gasteiger partial charge in [0.1, 0.15) is 5.82 Å². The molecule has 1 aliphatic rings. The molecule has 1 amide bonds. The van der Waals surface area contributed by atoms with E-state index in [1.807, 2.05) is 13.8 Å². The lowest BCUT2D eigenvalue weighted by molar-refractivity contribution is -0.101. The van der Waals surface area contributed by atoms with Crippen molar-refractivity contribution in [2.45, 2.75) is 25.6 Å². The monoisotopic (exact) mass is 297 g/mol. The Kier molecular flexibility index (Phi) is 4.06. The van der Waals surface area contributed by atoms with Crippen molar-refractivity contribution in [2.24, 2.45) is 5.73 Å². The summed E-state index contributed by atoms with van der Waals surface area (Å²) in [5.41, 5.74) is 10.6. The molecule has 0 saturated carbocycles. The summed E-state index contributed by atoms with van der Waals surface area (Å²) >= 11 is 0. The minimum Gasteiger partial charge on any atom is -0.398 e. The number of hydrogen-bond acceptors (Lipinski definition) is 5. The molecular formula is C14H20FN3O3. The number of morpholine rings is 1. The van der Waals surface area contributed by atoms with Gasteiger partial charge in [0.15, 0.2) is 0 Å². The number of carbonyl (C=O) groups is 1. The lowest BCUT2D eigenvalue weighted by Gasteiger charge is -2.43. The largest absolute Gasteiger partial charge is 0.398 e. The second-order valence-corrected chi connectivity index (χ2v) is 5.82. The number of amides is 1. The van der Waals surface area contributed by atoms with Crippen LogP contribution in [0.1, 0.15) is 24.2 Å². The molecule has 0 aromatic heterocycles. The molecule has 0 bridgehead atoms. The van der Waals surface area contributed by atoms with Crippen LogP contribution in [-0.4, -0.2) is 42.4 Å². The van der Waals surface area contributed by atoms with Crippen molar-refractivity contribution < 1.29 is 19.0 Å². The van der Waals surface area contributed by atoms with Gasteiger partial charge >= 0.3 is 0 Å². The summed E-state index contributed by atoms with van der Waals surface area (Å²) in [6, 6.07) is 2.44. The van der Waals surface area contributed by atoms with Gasteiger partial charge in [-0.25, -0.2) is 4.39 Å². The lowest BCUT2D eigenvalue weighted by atomic mass is 10.0. The predicted octanol–water partition coefficient (Wildman–Crippen LogP) is 0.483. The van der Waals surface area contributed by atoms with E-state index in [-0.39, 0.29) is 23.5 Å². The summed E-state index contributed by atoms with van der Waals surface area (Å²) in [5, 5.41) is 9.30. The van der Waals surface area contributed by atoms with Gasteiger partial charge in [-0.05, 0) is 26.0 Å². The Balaban J connectivity index is 2.40. The van der Waals surface area contributed by atoms with E-state index in [2.05, 4.69) is 0 Å². The topological polar surface area (TPSA) is 102 Å². The summed E-state index contributed by atoms with van der Waals surface area (Å²) < 4.78 is 19.9. The molecule has 2 rings (SSSR count). The molecule has 1 saturated heterocycles. The number of hydrogen-bond donors (Lipinski definition) is 3. The first-order valence-corrected chi connectivity index (χ1v) is 6.66. The summed E-state index contributed by atoms with van der Waals surface area (Å²) in [4.78, 5) is 13.1. The fourth-order valence-corrected chi connectivity index (χ4v) is 2.61. The molecule has 1 heterocycles. The summed E-state index contributed by atoms with van der Waals surface area (Å²) in [6.07, 6.45) is -0.428. The van der Waals surface area contributed by atoms with Gasteiger partial charge in [-0.15, -0.1) is 0 Å². The van der Waals surface area contributed by atoms with E-state index in [1.54, 1.807) is 4.90 Å². The molecule has 1 fully saturated rings. The zero-order valence-electron chi connectivity index (χ0n) is 12.1. The number of primary amides is 1. The van der Waals surface area contributed by atoms with E-state index in [0.29, 0.717) is 13.1 Å². The van der Waals surface area contributed by atoms with E-state index in [0.717, 1.165) is 6.07 Å². The number of anilines is 2. The SMILES string of the molecule is CC1(C)CN(c2cc(C(N)=O)c(N)cc2F)CC(CO)O1. The molecule has 1 unspecified atom stereocenters. The standard InChI is InChI=1S/C14H20FN3O3/c1-14(2)7-18(5-8(6-19)21-14)12-3-9(13(17)20)11(16)4-10(12)15/h3-4,8,19H,5-7,16H2,1-2H3,(H2,17,20). The van der Waals surface area contributed by atoms with Crippen molar-refractivity contribution >= 4 is 17.3 Å². The first-order chi connectivity index (χ1) is 9.73. The minimum atomic E-state index is -0.708. The number of ether oxygens (including phenoxy) is 1. The second-order valence-electron chi connectivity index (χ2n) is 5.82. The Hall–Kier alpha value is -1.86. The molecule has 1 atom stereocenters. The number of rotatable bonds is 3. The number of halogens is 1. The average molecular weight is 297 g/mol. The quantitative estimate of drug-likeness (QED) is 0.704. The molecule has 0 radical (unpaired) electrons. The zero-order chi connectivity index (χ0) is 15.8. The lowest BCUT2D eigenvalue weighted by Crippen LogP contribution is -2.54. The van der Waals surface area contributed by atoms with Crippen LogP contribution in [0.15, 0.2) is 12.1 Å². The van der Waals surface area contributed by atoms with Crippen molar-refractivity contribution in [3.63, 3.8) is 0 Å². The highest BCUT2D eigenvalue weighted by Gasteiger charge is 2.34. The van der Waals surface area contributed by atoms with Crippen LogP contribution in [0, 0.1) is 5.82 Å². The van der Waals surface area contributed by atoms with Gasteiger partial charge in [0, 0.05) is 18.8 Å². The third kappa shape index (κ3) is 3.25. The van der Waals surface area contributed by atoms with Crippen molar-refractivity contribution in [2.75, 3.05) is 30.3 Å². The number of carbonyl (C=O) groups excluding carboxylic acids is 1. The van der Waals surface area contributed by atoms with E-state index in [9.17, 15) is 14.3 Å². The molecule has 7 heteroatoms. The Morgan fingerprint density at radius 2 is 2.24 bits per heavy atom. The molecule has 0 spiro atoms. The van der Waals surface area contributed by atoms with Gasteiger partial charge in [-0.1, -0.05) is 0 Å². The molecule has 6 nitrogen and oxygen atoms in total. The Bertz CT molecular complexity index is 563. The number of aliphatic hydroxyl groups is 1. The normalized spacial score (nSPS) is 21.3. The van der Waals surface area contributed by atoms with Crippen LogP contribution in [0.4, 0.5) is 15.8 Å². The van der Waals surface area contributed by atoms with Gasteiger partial charge in [0.2, 0.25) is 0 Å². The number of nitrogens with zero attached hydrogens (tertiary/aromatic N) is 1. The smallest absolute Gasteiger partial charge is 0.250 e. The fourth-order valence-electron chi connectivity index (χ4n) is 2.61. The van der Waals surface area contributed by atoms with Crippen molar-refractivity contribution in [1.82, 2.24) is 0 Å². The highest BCUT2D eigenvalue weighted by Crippen LogP contribution is 2.30. The summed E-state index contributed by atoms with van der Waals surface area (Å²) in [5.74, 6) is -1.24. The maximum atomic E-state index is 14.2. The van der Waals surface area contributed by atoms with Crippen molar-refractivity contribution in [3.8, 4) is 0 Å². The third-order valence-electron chi connectivity index (χ3n) is 3.41. The maximum absolute atomic E-state index is 14.2. The molecule has 0 aliphatic carbocycles. The second kappa shape index (κ2) is 5.50. The van der Waals surface area contributed by atoms with Gasteiger partial charge in [-0.2, -0.15) is 0 Å². The molecule has 5 N–H and O–H groups in total. The molecule has 116 valence electrons. The van der Waals surface area contributed by atoms with E-state index in [1.165, 1.54) is 6.07 Å². The van der Waals surface area contributed by atoms with E-state index in [4.69, 9.17) is 16.2 Å². The summed E-state index contributed by atoms with van der Waals surface area (Å²) in [7, 11) is 0. The zero-order valence-corrected chi connectivity index (χ0v) is 12.1. The molecule has 1 aromatic carbocycles. The number of aliphatic hydroxyl groups excluding tert-OH is 1. The Morgan fingerprint density at radius 3 is 2.81 bits per heavy atom. The number of nitrogen functional groups attached to an aromatic ring is 1. The number of benzene rings is 1. The Morgan fingerprint density at radius 1 is 1.57 bits per heavy atom. The Labute approximate surface area is 122 Å². The first kappa shape index (κ1) is 15.5. The first-order valence-electron chi connectivity index (χ1n) is 6.66. The van der Waals surface area contributed by atoms with Crippen molar-refractivity contribution in [1.29, 1.82) is 0 Å². The predicted molar refractivity (Wildman–Crippen MR) is 77.6 cm³/mol. The van der Waals surface area contributed by atoms with Crippen LogP contribution >= 0.6 is 0 Å². The van der Waals surface area contributed by atoms with Crippen LogP contribution < -0.4 is 16.4 Å². The van der Waals surface area contributed by atoms with Crippen LogP contribution in [0.3, 0.4) is 0 Å². The summed E-state index contributed by atoms with van der Waals surface area (Å²) in [6.45, 7) is 4.28. The highest BCUT2D eigenvalue weighted by molar-refractivity contribution is 5.99. The molecular weight excluding hydrogens is 277 g/mol. The van der Waals surface area contributed by atoms with Crippen LogP contribution in [-0.2, 0) is 4.74 Å². The maximum Gasteiger partial charge on any atom is 0.250 e. The van der Waals surface area contributed by atoms with Crippen molar-refractivity contribution in [3.05, 3.63) is 23.5 Å². The van der Waals surface area contributed by atoms with E-state index < -0.39 is 23.4 Å². The molecule has 21 heavy (non-hydrogen) atoms. The molecule has 1 aliphatic heterocycles. The van der Waals surface area contributed by atoms with Gasteiger partial charge in [0.25, 0.3) is 5.91 Å². The van der Waals surface area contributed by atoms with Crippen LogP contribution in [0.25, 0.3) is 0 Å². The van der Waals surface area contributed by atoms with Gasteiger partial charge in [-0.3, -0.25) is 4.79 Å².